The van der Waals surface area contributed by atoms with Crippen LogP contribution in [0.2, 0.25) is 0 Å². The Morgan fingerprint density at radius 1 is 1.37 bits per heavy atom. The van der Waals surface area contributed by atoms with Crippen LogP contribution in [0, 0.1) is 6.92 Å². The second kappa shape index (κ2) is 8.12. The third-order valence-electron chi connectivity index (χ3n) is 3.32. The molecule has 0 aliphatic rings. The number of aromatic nitrogens is 1. The summed E-state index contributed by atoms with van der Waals surface area (Å²) in [5.74, 6) is 1.03. The number of rotatable bonds is 8. The predicted octanol–water partition coefficient (Wildman–Crippen LogP) is 2.36. The van der Waals surface area contributed by atoms with E-state index in [9.17, 15) is 0 Å². The van der Waals surface area contributed by atoms with Gasteiger partial charge in [-0.15, -0.1) is 0 Å². The van der Waals surface area contributed by atoms with Gasteiger partial charge in [0.1, 0.15) is 5.82 Å². The van der Waals surface area contributed by atoms with Crippen LogP contribution in [0.25, 0.3) is 0 Å². The first-order valence-electron chi connectivity index (χ1n) is 7.06. The number of hydrogen-bond acceptors (Lipinski definition) is 4. The van der Waals surface area contributed by atoms with Crippen LogP contribution >= 0.6 is 0 Å². The molecule has 0 saturated heterocycles. The Hall–Kier alpha value is -1.13. The van der Waals surface area contributed by atoms with Crippen LogP contribution in [0.4, 0.5) is 5.82 Å². The van der Waals surface area contributed by atoms with E-state index in [0.717, 1.165) is 31.1 Å². The van der Waals surface area contributed by atoms with E-state index in [2.05, 4.69) is 50.0 Å². The zero-order valence-corrected chi connectivity index (χ0v) is 12.9. The summed E-state index contributed by atoms with van der Waals surface area (Å²) in [5, 5.41) is 3.34. The lowest BCUT2D eigenvalue weighted by molar-refractivity contribution is 0.181. The van der Waals surface area contributed by atoms with Gasteiger partial charge in [0.25, 0.3) is 0 Å². The van der Waals surface area contributed by atoms with Crippen molar-refractivity contribution in [3.63, 3.8) is 0 Å². The number of anilines is 1. The van der Waals surface area contributed by atoms with Crippen molar-refractivity contribution in [2.45, 2.75) is 40.3 Å². The van der Waals surface area contributed by atoms with E-state index in [1.807, 2.05) is 0 Å². The maximum atomic E-state index is 5.24. The summed E-state index contributed by atoms with van der Waals surface area (Å²) < 4.78 is 5.24. The predicted molar refractivity (Wildman–Crippen MR) is 80.7 cm³/mol. The number of pyridine rings is 1. The van der Waals surface area contributed by atoms with Crippen molar-refractivity contribution < 1.29 is 4.74 Å². The van der Waals surface area contributed by atoms with Crippen molar-refractivity contribution in [2.75, 3.05) is 31.7 Å². The second-order valence-electron chi connectivity index (χ2n) is 4.78. The van der Waals surface area contributed by atoms with Gasteiger partial charge in [-0.25, -0.2) is 4.98 Å². The molecule has 1 N–H and O–H groups in total. The Bertz CT molecular complexity index is 382. The standard InChI is InChI=1S/C15H27N3O/c1-6-16-10-14-8-9-15(17-13(14)4)18(7-2)12(3)11-19-5/h8-9,12,16H,6-7,10-11H2,1-5H3. The molecule has 1 aromatic heterocycles. The van der Waals surface area contributed by atoms with Crippen LogP contribution in [-0.2, 0) is 11.3 Å². The highest BCUT2D eigenvalue weighted by Gasteiger charge is 2.14. The molecule has 4 heteroatoms. The van der Waals surface area contributed by atoms with Gasteiger partial charge in [-0.3, -0.25) is 0 Å². The first kappa shape index (κ1) is 15.9. The third-order valence-corrected chi connectivity index (χ3v) is 3.32. The molecule has 0 aliphatic heterocycles. The molecule has 1 heterocycles. The number of methoxy groups -OCH3 is 1. The smallest absolute Gasteiger partial charge is 0.129 e. The van der Waals surface area contributed by atoms with Crippen molar-refractivity contribution in [3.05, 3.63) is 23.4 Å². The van der Waals surface area contributed by atoms with E-state index in [1.165, 1.54) is 5.56 Å². The summed E-state index contributed by atoms with van der Waals surface area (Å²) in [6.45, 7) is 12.0. The summed E-state index contributed by atoms with van der Waals surface area (Å²) in [7, 11) is 1.74. The fourth-order valence-corrected chi connectivity index (χ4v) is 2.21. The van der Waals surface area contributed by atoms with E-state index in [1.54, 1.807) is 7.11 Å². The van der Waals surface area contributed by atoms with Gasteiger partial charge in [0.2, 0.25) is 0 Å². The summed E-state index contributed by atoms with van der Waals surface area (Å²) in [6.07, 6.45) is 0. The Morgan fingerprint density at radius 3 is 2.63 bits per heavy atom. The molecule has 19 heavy (non-hydrogen) atoms. The van der Waals surface area contributed by atoms with Crippen molar-refractivity contribution in [2.24, 2.45) is 0 Å². The molecule has 1 aromatic rings. The fraction of sp³-hybridized carbons (Fsp3) is 0.667. The highest BCUT2D eigenvalue weighted by molar-refractivity contribution is 5.42. The quantitative estimate of drug-likeness (QED) is 0.783. The third kappa shape index (κ3) is 4.48. The highest BCUT2D eigenvalue weighted by atomic mass is 16.5. The Labute approximate surface area is 117 Å². The lowest BCUT2D eigenvalue weighted by Crippen LogP contribution is -2.36. The van der Waals surface area contributed by atoms with Gasteiger partial charge in [-0.05, 0) is 38.9 Å². The molecule has 0 bridgehead atoms. The molecular weight excluding hydrogens is 238 g/mol. The van der Waals surface area contributed by atoms with Crippen molar-refractivity contribution in [1.82, 2.24) is 10.3 Å². The summed E-state index contributed by atoms with van der Waals surface area (Å²) in [4.78, 5) is 7.00. The SMILES string of the molecule is CCNCc1ccc(N(CC)C(C)COC)nc1C. The van der Waals surface area contributed by atoms with Crippen LogP contribution < -0.4 is 10.2 Å². The maximum Gasteiger partial charge on any atom is 0.129 e. The number of ether oxygens (including phenoxy) is 1. The lowest BCUT2D eigenvalue weighted by atomic mass is 10.2. The number of nitrogens with one attached hydrogen (secondary N) is 1. The zero-order valence-electron chi connectivity index (χ0n) is 12.9. The molecule has 0 radical (unpaired) electrons. The molecule has 0 aromatic carbocycles. The highest BCUT2D eigenvalue weighted by Crippen LogP contribution is 2.17. The Kier molecular flexibility index (Phi) is 6.81. The van der Waals surface area contributed by atoms with Crippen molar-refractivity contribution in [1.29, 1.82) is 0 Å². The van der Waals surface area contributed by atoms with Gasteiger partial charge in [0.15, 0.2) is 0 Å². The molecule has 0 amide bonds. The topological polar surface area (TPSA) is 37.4 Å². The summed E-state index contributed by atoms with van der Waals surface area (Å²) >= 11 is 0. The molecule has 1 rings (SSSR count). The molecule has 0 saturated carbocycles. The van der Waals surface area contributed by atoms with E-state index in [-0.39, 0.29) is 0 Å². The van der Waals surface area contributed by atoms with E-state index < -0.39 is 0 Å². The first-order chi connectivity index (χ1) is 9.13. The largest absolute Gasteiger partial charge is 0.383 e. The zero-order chi connectivity index (χ0) is 14.3. The molecule has 0 aliphatic carbocycles. The van der Waals surface area contributed by atoms with Gasteiger partial charge in [-0.1, -0.05) is 13.0 Å². The minimum atomic E-state index is 0.335. The molecule has 1 atom stereocenters. The van der Waals surface area contributed by atoms with E-state index in [0.29, 0.717) is 12.6 Å². The molecular formula is C15H27N3O. The van der Waals surface area contributed by atoms with Crippen LogP contribution in [0.3, 0.4) is 0 Å². The van der Waals surface area contributed by atoms with Crippen LogP contribution in [-0.4, -0.2) is 37.8 Å². The fourth-order valence-electron chi connectivity index (χ4n) is 2.21. The average Bonchev–Trinajstić information content (AvgIpc) is 2.39. The Balaban J connectivity index is 2.85. The summed E-state index contributed by atoms with van der Waals surface area (Å²) in [5.41, 5.74) is 2.36. The molecule has 108 valence electrons. The molecule has 4 nitrogen and oxygen atoms in total. The van der Waals surface area contributed by atoms with E-state index in [4.69, 9.17) is 9.72 Å². The van der Waals surface area contributed by atoms with Crippen molar-refractivity contribution in [3.8, 4) is 0 Å². The van der Waals surface area contributed by atoms with Crippen LogP contribution in [0.1, 0.15) is 32.0 Å². The maximum absolute atomic E-state index is 5.24. The molecule has 0 spiro atoms. The van der Waals surface area contributed by atoms with Gasteiger partial charge in [-0.2, -0.15) is 0 Å². The van der Waals surface area contributed by atoms with Crippen LogP contribution in [0.15, 0.2) is 12.1 Å². The van der Waals surface area contributed by atoms with Gasteiger partial charge >= 0.3 is 0 Å². The minimum absolute atomic E-state index is 0.335. The number of hydrogen-bond donors (Lipinski definition) is 1. The van der Waals surface area contributed by atoms with Gasteiger partial charge < -0.3 is 15.0 Å². The second-order valence-corrected chi connectivity index (χ2v) is 4.78. The lowest BCUT2D eigenvalue weighted by Gasteiger charge is -2.29. The number of likely N-dealkylation sites (N-methyl/N-ethyl adjacent to an activating group) is 1. The minimum Gasteiger partial charge on any atom is -0.383 e. The summed E-state index contributed by atoms with van der Waals surface area (Å²) in [6, 6.07) is 4.61. The number of nitrogens with zero attached hydrogens (tertiary/aromatic N) is 2. The van der Waals surface area contributed by atoms with Crippen LogP contribution in [0.5, 0.6) is 0 Å². The molecule has 1 unspecified atom stereocenters. The first-order valence-corrected chi connectivity index (χ1v) is 7.06. The van der Waals surface area contributed by atoms with Gasteiger partial charge in [0, 0.05) is 25.9 Å². The van der Waals surface area contributed by atoms with E-state index >= 15 is 0 Å². The number of aryl methyl sites for hydroxylation is 1. The average molecular weight is 265 g/mol. The van der Waals surface area contributed by atoms with Crippen molar-refractivity contribution >= 4 is 5.82 Å². The van der Waals surface area contributed by atoms with Gasteiger partial charge in [0.05, 0.1) is 12.6 Å². The Morgan fingerprint density at radius 2 is 2.11 bits per heavy atom. The normalized spacial score (nSPS) is 12.5. The monoisotopic (exact) mass is 265 g/mol. The molecule has 0 fully saturated rings.